The SMILES string of the molecule is C[C@H]1[C@H](N2CC(CS)CC2=O)C(=O)N1S(=O)(=O)O. The number of carbonyl (C=O) groups excluding carboxylic acids is 2. The molecule has 1 unspecified atom stereocenters. The van der Waals surface area contributed by atoms with Gasteiger partial charge >= 0.3 is 10.3 Å². The number of thiol groups is 1. The van der Waals surface area contributed by atoms with Crippen molar-refractivity contribution in [2.45, 2.75) is 25.4 Å². The standard InChI is InChI=1S/C9H14N2O5S2/c1-5-8(9(13)11(5)18(14,15)16)10-3-6(4-17)2-7(10)12/h5-6,8,17H,2-4H2,1H3,(H,14,15,16)/t5-,6?,8-/m0/s1. The number of carbonyl (C=O) groups is 2. The lowest BCUT2D eigenvalue weighted by molar-refractivity contribution is -0.154. The van der Waals surface area contributed by atoms with Crippen LogP contribution in [0, 0.1) is 5.92 Å². The number of β-lactam (4-membered cyclic amide) rings is 1. The van der Waals surface area contributed by atoms with Crippen LogP contribution in [0.3, 0.4) is 0 Å². The Morgan fingerprint density at radius 2 is 2.06 bits per heavy atom. The predicted molar refractivity (Wildman–Crippen MR) is 65.3 cm³/mol. The van der Waals surface area contributed by atoms with Gasteiger partial charge in [0.1, 0.15) is 6.04 Å². The molecule has 3 atom stereocenters. The number of hydrogen-bond acceptors (Lipinski definition) is 5. The molecule has 0 aromatic carbocycles. The normalized spacial score (nSPS) is 32.9. The number of nitrogens with zero attached hydrogens (tertiary/aromatic N) is 2. The van der Waals surface area contributed by atoms with Gasteiger partial charge in [0.05, 0.1) is 6.04 Å². The van der Waals surface area contributed by atoms with Gasteiger partial charge in [0.2, 0.25) is 5.91 Å². The minimum Gasteiger partial charge on any atom is -0.328 e. The van der Waals surface area contributed by atoms with E-state index in [1.165, 1.54) is 11.8 Å². The Kier molecular flexibility index (Phi) is 3.32. The third-order valence-electron chi connectivity index (χ3n) is 3.38. The third kappa shape index (κ3) is 1.99. The van der Waals surface area contributed by atoms with Crippen molar-refractivity contribution in [3.63, 3.8) is 0 Å². The van der Waals surface area contributed by atoms with Gasteiger partial charge in [-0.15, -0.1) is 0 Å². The van der Waals surface area contributed by atoms with Crippen molar-refractivity contribution in [3.8, 4) is 0 Å². The average Bonchev–Trinajstić information content (AvgIpc) is 2.58. The second kappa shape index (κ2) is 4.39. The Bertz CT molecular complexity index is 491. The smallest absolute Gasteiger partial charge is 0.328 e. The zero-order valence-corrected chi connectivity index (χ0v) is 11.4. The minimum absolute atomic E-state index is 0.0839. The van der Waals surface area contributed by atoms with Crippen LogP contribution < -0.4 is 0 Å². The number of amides is 2. The molecule has 18 heavy (non-hydrogen) atoms. The summed E-state index contributed by atoms with van der Waals surface area (Å²) in [7, 11) is -4.53. The van der Waals surface area contributed by atoms with E-state index in [9.17, 15) is 18.0 Å². The largest absolute Gasteiger partial charge is 0.362 e. The maximum absolute atomic E-state index is 11.7. The third-order valence-corrected chi connectivity index (χ3v) is 4.90. The van der Waals surface area contributed by atoms with Crippen LogP contribution in [0.1, 0.15) is 13.3 Å². The zero-order valence-electron chi connectivity index (χ0n) is 9.68. The molecule has 2 heterocycles. The maximum atomic E-state index is 11.7. The number of likely N-dealkylation sites (tertiary alicyclic amines) is 1. The summed E-state index contributed by atoms with van der Waals surface area (Å²) in [5.74, 6) is -0.299. The van der Waals surface area contributed by atoms with Gasteiger partial charge < -0.3 is 4.90 Å². The Morgan fingerprint density at radius 1 is 1.44 bits per heavy atom. The quantitative estimate of drug-likeness (QED) is 0.402. The molecule has 7 nitrogen and oxygen atoms in total. The second-order valence-corrected chi connectivity index (χ2v) is 6.25. The maximum Gasteiger partial charge on any atom is 0.362 e. The molecule has 2 aliphatic heterocycles. The summed E-state index contributed by atoms with van der Waals surface area (Å²) in [6.07, 6.45) is 0.325. The highest BCUT2D eigenvalue weighted by Gasteiger charge is 2.55. The Hall–Kier alpha value is -0.800. The van der Waals surface area contributed by atoms with E-state index in [2.05, 4.69) is 12.6 Å². The summed E-state index contributed by atoms with van der Waals surface area (Å²) in [6, 6.07) is -1.51. The summed E-state index contributed by atoms with van der Waals surface area (Å²) < 4.78 is 31.1. The topological polar surface area (TPSA) is 95.0 Å². The summed E-state index contributed by atoms with van der Waals surface area (Å²) in [6.45, 7) is 1.89. The van der Waals surface area contributed by atoms with Crippen LogP contribution in [-0.2, 0) is 19.9 Å². The fourth-order valence-corrected chi connectivity index (χ4v) is 3.62. The molecule has 0 aliphatic carbocycles. The van der Waals surface area contributed by atoms with Gasteiger partial charge in [0.15, 0.2) is 0 Å². The lowest BCUT2D eigenvalue weighted by atomic mass is 9.99. The van der Waals surface area contributed by atoms with Crippen LogP contribution >= 0.6 is 12.6 Å². The van der Waals surface area contributed by atoms with Gasteiger partial charge in [-0.05, 0) is 18.6 Å². The minimum atomic E-state index is -4.53. The molecule has 102 valence electrons. The zero-order chi connectivity index (χ0) is 13.7. The first kappa shape index (κ1) is 13.6. The van der Waals surface area contributed by atoms with Crippen LogP contribution in [0.4, 0.5) is 0 Å². The van der Waals surface area contributed by atoms with Crippen molar-refractivity contribution in [3.05, 3.63) is 0 Å². The van der Waals surface area contributed by atoms with Crippen LogP contribution in [0.25, 0.3) is 0 Å². The highest BCUT2D eigenvalue weighted by atomic mass is 32.2. The Morgan fingerprint density at radius 3 is 2.44 bits per heavy atom. The van der Waals surface area contributed by atoms with E-state index in [1.807, 2.05) is 0 Å². The fraction of sp³-hybridized carbons (Fsp3) is 0.778. The first-order chi connectivity index (χ1) is 8.27. The molecule has 2 aliphatic rings. The molecule has 0 aromatic rings. The molecule has 2 fully saturated rings. The van der Waals surface area contributed by atoms with E-state index in [0.29, 0.717) is 23.0 Å². The van der Waals surface area contributed by atoms with E-state index >= 15 is 0 Å². The van der Waals surface area contributed by atoms with Gasteiger partial charge in [0, 0.05) is 13.0 Å². The molecule has 0 aromatic heterocycles. The summed E-state index contributed by atoms with van der Waals surface area (Å²) in [5.41, 5.74) is 0. The van der Waals surface area contributed by atoms with Gasteiger partial charge in [-0.3, -0.25) is 14.1 Å². The molecule has 0 spiro atoms. The molecule has 1 N–H and O–H groups in total. The second-order valence-electron chi connectivity index (χ2n) is 4.60. The fourth-order valence-electron chi connectivity index (χ4n) is 2.50. The van der Waals surface area contributed by atoms with E-state index in [4.69, 9.17) is 4.55 Å². The molecule has 9 heteroatoms. The Labute approximate surface area is 110 Å². The highest BCUT2D eigenvalue weighted by molar-refractivity contribution is 7.84. The molecule has 0 bridgehead atoms. The first-order valence-electron chi connectivity index (χ1n) is 5.48. The van der Waals surface area contributed by atoms with Gasteiger partial charge in [-0.25, -0.2) is 4.31 Å². The van der Waals surface area contributed by atoms with Crippen molar-refractivity contribution >= 4 is 34.7 Å². The van der Waals surface area contributed by atoms with Crippen molar-refractivity contribution in [2.24, 2.45) is 5.92 Å². The summed E-state index contributed by atoms with van der Waals surface area (Å²) in [4.78, 5) is 24.8. The van der Waals surface area contributed by atoms with E-state index in [0.717, 1.165) is 0 Å². The average molecular weight is 294 g/mol. The van der Waals surface area contributed by atoms with Crippen LogP contribution in [0.15, 0.2) is 0 Å². The van der Waals surface area contributed by atoms with Crippen molar-refractivity contribution in [1.29, 1.82) is 0 Å². The highest BCUT2D eigenvalue weighted by Crippen LogP contribution is 2.32. The van der Waals surface area contributed by atoms with E-state index in [1.54, 1.807) is 0 Å². The molecular weight excluding hydrogens is 280 g/mol. The first-order valence-corrected chi connectivity index (χ1v) is 7.51. The van der Waals surface area contributed by atoms with E-state index < -0.39 is 28.3 Å². The van der Waals surface area contributed by atoms with Gasteiger partial charge in [0.25, 0.3) is 5.91 Å². The van der Waals surface area contributed by atoms with E-state index in [-0.39, 0.29) is 11.8 Å². The van der Waals surface area contributed by atoms with Crippen molar-refractivity contribution in [1.82, 2.24) is 9.21 Å². The van der Waals surface area contributed by atoms with Gasteiger partial charge in [-0.2, -0.15) is 21.0 Å². The number of hydrogen-bond donors (Lipinski definition) is 2. The van der Waals surface area contributed by atoms with Crippen molar-refractivity contribution in [2.75, 3.05) is 12.3 Å². The molecule has 2 saturated heterocycles. The lowest BCUT2D eigenvalue weighted by Gasteiger charge is -2.46. The van der Waals surface area contributed by atoms with Crippen molar-refractivity contribution < 1.29 is 22.6 Å². The molecule has 2 rings (SSSR count). The van der Waals surface area contributed by atoms with Crippen LogP contribution in [0.2, 0.25) is 0 Å². The monoisotopic (exact) mass is 294 g/mol. The molecular formula is C9H14N2O5S2. The van der Waals surface area contributed by atoms with Gasteiger partial charge in [-0.1, -0.05) is 0 Å². The molecule has 0 saturated carbocycles. The molecule has 2 amide bonds. The molecule has 0 radical (unpaired) electrons. The van der Waals surface area contributed by atoms with Crippen LogP contribution in [0.5, 0.6) is 0 Å². The Balaban J connectivity index is 2.14. The summed E-state index contributed by atoms with van der Waals surface area (Å²) in [5, 5.41) is 0. The lowest BCUT2D eigenvalue weighted by Crippen LogP contribution is -2.70. The predicted octanol–water partition coefficient (Wildman–Crippen LogP) is -0.833. The summed E-state index contributed by atoms with van der Waals surface area (Å²) >= 11 is 4.11. The number of rotatable bonds is 3. The van der Waals surface area contributed by atoms with Crippen LogP contribution in [-0.4, -0.2) is 58.4 Å².